The summed E-state index contributed by atoms with van der Waals surface area (Å²) in [5.41, 5.74) is 17.4. The van der Waals surface area contributed by atoms with E-state index in [4.69, 9.17) is 11.5 Å². The monoisotopic (exact) mass is 532 g/mol. The lowest BCUT2D eigenvalue weighted by Crippen LogP contribution is -2.41. The van der Waals surface area contributed by atoms with E-state index < -0.39 is 10.8 Å². The summed E-state index contributed by atoms with van der Waals surface area (Å²) in [7, 11) is 0. The Morgan fingerprint density at radius 1 is 0.692 bits per heavy atom. The Morgan fingerprint density at radius 3 is 1.64 bits per heavy atom. The lowest BCUT2D eigenvalue weighted by Gasteiger charge is -2.35. The molecule has 0 aliphatic heterocycles. The Morgan fingerprint density at radius 2 is 1.18 bits per heavy atom. The van der Waals surface area contributed by atoms with Gasteiger partial charge in [0.15, 0.2) is 11.6 Å². The molecule has 4 nitrogen and oxygen atoms in total. The molecule has 0 saturated heterocycles. The Hall–Kier alpha value is -2.30. The van der Waals surface area contributed by atoms with Crippen LogP contribution >= 0.6 is 0 Å². The van der Waals surface area contributed by atoms with Gasteiger partial charge >= 0.3 is 0 Å². The van der Waals surface area contributed by atoms with Crippen LogP contribution in [0.25, 0.3) is 11.1 Å². The maximum Gasteiger partial charge on any atom is 0.170 e. The van der Waals surface area contributed by atoms with E-state index in [9.17, 15) is 9.59 Å². The Balaban J connectivity index is 2.08. The number of rotatable bonds is 14. The summed E-state index contributed by atoms with van der Waals surface area (Å²) in [6.45, 7) is 18.0. The SMILES string of the molecule is CC(C)CC(CN)(CC(C)C)C(=O)c1ccc2c(c1)Cc1cccc(C(=O)C(CN)(CC(C)C)CC(C)C)c1-2. The van der Waals surface area contributed by atoms with Crippen molar-refractivity contribution in [3.63, 3.8) is 0 Å². The third-order valence-electron chi connectivity index (χ3n) is 8.35. The molecule has 4 N–H and O–H groups in total. The van der Waals surface area contributed by atoms with Gasteiger partial charge < -0.3 is 11.5 Å². The summed E-state index contributed by atoms with van der Waals surface area (Å²) >= 11 is 0. The van der Waals surface area contributed by atoms with E-state index in [0.717, 1.165) is 65.5 Å². The fraction of sp³-hybridized carbons (Fsp3) is 0.600. The minimum absolute atomic E-state index is 0.151. The van der Waals surface area contributed by atoms with Crippen molar-refractivity contribution in [3.05, 3.63) is 58.7 Å². The van der Waals surface area contributed by atoms with Gasteiger partial charge in [0.05, 0.1) is 0 Å². The Bertz CT molecular complexity index is 1160. The van der Waals surface area contributed by atoms with Crippen LogP contribution in [-0.4, -0.2) is 24.7 Å². The molecule has 39 heavy (non-hydrogen) atoms. The van der Waals surface area contributed by atoms with Gasteiger partial charge in [-0.2, -0.15) is 0 Å². The van der Waals surface area contributed by atoms with Gasteiger partial charge in [-0.1, -0.05) is 85.7 Å². The minimum Gasteiger partial charge on any atom is -0.329 e. The zero-order valence-electron chi connectivity index (χ0n) is 25.7. The molecule has 0 amide bonds. The highest BCUT2D eigenvalue weighted by molar-refractivity contribution is 6.08. The molecule has 214 valence electrons. The van der Waals surface area contributed by atoms with Crippen molar-refractivity contribution in [1.29, 1.82) is 0 Å². The maximum atomic E-state index is 14.3. The molecule has 1 aliphatic rings. The minimum atomic E-state index is -0.579. The normalized spacial score (nSPS) is 13.5. The summed E-state index contributed by atoms with van der Waals surface area (Å²) in [5, 5.41) is 0. The molecule has 1 aliphatic carbocycles. The molecule has 0 radical (unpaired) electrons. The standard InChI is InChI=1S/C35H52N2O2/c1-22(2)16-34(20-36,17-23(3)4)32(38)27-12-13-29-28(15-27)14-26-10-9-11-30(31(26)29)33(39)35(21-37,18-24(5)6)19-25(7)8/h9-13,15,22-25H,14,16-21,36-37H2,1-8H3. The van der Waals surface area contributed by atoms with E-state index in [-0.39, 0.29) is 11.6 Å². The highest BCUT2D eigenvalue weighted by atomic mass is 16.1. The van der Waals surface area contributed by atoms with Crippen molar-refractivity contribution in [1.82, 2.24) is 0 Å². The predicted octanol–water partition coefficient (Wildman–Crippen LogP) is 7.70. The van der Waals surface area contributed by atoms with Gasteiger partial charge in [-0.3, -0.25) is 9.59 Å². The van der Waals surface area contributed by atoms with Gasteiger partial charge in [-0.05, 0) is 84.1 Å². The maximum absolute atomic E-state index is 14.3. The van der Waals surface area contributed by atoms with E-state index in [1.165, 1.54) is 0 Å². The highest BCUT2D eigenvalue weighted by Gasteiger charge is 2.42. The van der Waals surface area contributed by atoms with Gasteiger partial charge in [0.2, 0.25) is 0 Å². The molecule has 0 unspecified atom stereocenters. The topological polar surface area (TPSA) is 86.2 Å². The van der Waals surface area contributed by atoms with Crippen LogP contribution in [-0.2, 0) is 6.42 Å². The van der Waals surface area contributed by atoms with Crippen LogP contribution in [0.5, 0.6) is 0 Å². The molecule has 0 aromatic heterocycles. The van der Waals surface area contributed by atoms with Crippen molar-refractivity contribution >= 4 is 11.6 Å². The van der Waals surface area contributed by atoms with Crippen molar-refractivity contribution in [3.8, 4) is 11.1 Å². The van der Waals surface area contributed by atoms with Crippen LogP contribution in [0.4, 0.5) is 0 Å². The number of fused-ring (bicyclic) bond motifs is 3. The number of carbonyl (C=O) groups is 2. The Kier molecular flexibility index (Phi) is 9.99. The number of nitrogens with two attached hydrogens (primary N) is 2. The summed E-state index contributed by atoms with van der Waals surface area (Å²) in [6.07, 6.45) is 3.84. The molecule has 4 heteroatoms. The molecule has 2 aromatic carbocycles. The van der Waals surface area contributed by atoms with Crippen molar-refractivity contribution in [2.45, 2.75) is 87.5 Å². The number of hydrogen-bond acceptors (Lipinski definition) is 4. The van der Waals surface area contributed by atoms with Gasteiger partial charge in [0.1, 0.15) is 0 Å². The fourth-order valence-electron chi connectivity index (χ4n) is 7.36. The number of benzene rings is 2. The van der Waals surface area contributed by atoms with Crippen LogP contribution in [0.1, 0.15) is 113 Å². The van der Waals surface area contributed by atoms with E-state index >= 15 is 0 Å². The molecule has 0 heterocycles. The third kappa shape index (κ3) is 6.55. The van der Waals surface area contributed by atoms with Crippen LogP contribution in [0.15, 0.2) is 36.4 Å². The van der Waals surface area contributed by atoms with Crippen molar-refractivity contribution < 1.29 is 9.59 Å². The third-order valence-corrected chi connectivity index (χ3v) is 8.35. The van der Waals surface area contributed by atoms with Crippen molar-refractivity contribution in [2.24, 2.45) is 46.0 Å². The van der Waals surface area contributed by atoms with Gasteiger partial charge in [0, 0.05) is 35.0 Å². The number of carbonyl (C=O) groups excluding carboxylic acids is 2. The lowest BCUT2D eigenvalue weighted by molar-refractivity contribution is 0.0713. The number of Topliss-reactive ketones (excluding diaryl/α,β-unsaturated/α-hetero) is 2. The Labute approximate surface area is 237 Å². The second-order valence-electron chi connectivity index (χ2n) is 13.9. The fourth-order valence-corrected chi connectivity index (χ4v) is 7.36. The average Bonchev–Trinajstić information content (AvgIpc) is 3.23. The van der Waals surface area contributed by atoms with Crippen molar-refractivity contribution in [2.75, 3.05) is 13.1 Å². The van der Waals surface area contributed by atoms with Crippen LogP contribution in [0.3, 0.4) is 0 Å². The van der Waals surface area contributed by atoms with Gasteiger partial charge in [-0.15, -0.1) is 0 Å². The molecule has 3 rings (SSSR count). The highest BCUT2D eigenvalue weighted by Crippen LogP contribution is 2.45. The largest absolute Gasteiger partial charge is 0.329 e. The molecule has 0 bridgehead atoms. The average molecular weight is 533 g/mol. The van der Waals surface area contributed by atoms with E-state index in [2.05, 4.69) is 73.6 Å². The second kappa shape index (κ2) is 12.5. The molecule has 2 aromatic rings. The second-order valence-corrected chi connectivity index (χ2v) is 13.9. The first-order chi connectivity index (χ1) is 18.3. The number of ketones is 2. The van der Waals surface area contributed by atoms with Gasteiger partial charge in [-0.25, -0.2) is 0 Å². The van der Waals surface area contributed by atoms with E-state index in [0.29, 0.717) is 36.8 Å². The zero-order valence-corrected chi connectivity index (χ0v) is 25.7. The molecular weight excluding hydrogens is 480 g/mol. The smallest absolute Gasteiger partial charge is 0.170 e. The predicted molar refractivity (Wildman–Crippen MR) is 164 cm³/mol. The first-order valence-corrected chi connectivity index (χ1v) is 15.0. The van der Waals surface area contributed by atoms with Crippen LogP contribution in [0.2, 0.25) is 0 Å². The molecule has 0 spiro atoms. The summed E-state index contributed by atoms with van der Waals surface area (Å²) in [4.78, 5) is 28.4. The summed E-state index contributed by atoms with van der Waals surface area (Å²) in [6, 6.07) is 12.2. The first kappa shape index (κ1) is 31.2. The zero-order chi connectivity index (χ0) is 29.1. The van der Waals surface area contributed by atoms with Gasteiger partial charge in [0.25, 0.3) is 0 Å². The van der Waals surface area contributed by atoms with E-state index in [1.807, 2.05) is 18.2 Å². The van der Waals surface area contributed by atoms with E-state index in [1.54, 1.807) is 0 Å². The summed E-state index contributed by atoms with van der Waals surface area (Å²) < 4.78 is 0. The summed E-state index contributed by atoms with van der Waals surface area (Å²) in [5.74, 6) is 1.81. The lowest BCUT2D eigenvalue weighted by atomic mass is 9.68. The molecular formula is C35H52N2O2. The van der Waals surface area contributed by atoms with Crippen LogP contribution < -0.4 is 11.5 Å². The molecule has 0 atom stereocenters. The molecule has 0 fully saturated rings. The molecule has 0 saturated carbocycles. The number of hydrogen-bond donors (Lipinski definition) is 2. The quantitative estimate of drug-likeness (QED) is 0.208. The first-order valence-electron chi connectivity index (χ1n) is 15.0. The van der Waals surface area contributed by atoms with Crippen LogP contribution in [0, 0.1) is 34.5 Å².